The van der Waals surface area contributed by atoms with Crippen LogP contribution in [0.1, 0.15) is 11.1 Å². The van der Waals surface area contributed by atoms with Crippen LogP contribution in [-0.2, 0) is 13.1 Å². The highest BCUT2D eigenvalue weighted by Crippen LogP contribution is 2.13. The molecule has 0 saturated heterocycles. The first-order valence-corrected chi connectivity index (χ1v) is 8.87. The van der Waals surface area contributed by atoms with E-state index >= 15 is 0 Å². The Kier molecular flexibility index (Phi) is 4.60. The fourth-order valence-electron chi connectivity index (χ4n) is 3.11. The molecule has 0 aliphatic rings. The number of pyridine rings is 1. The summed E-state index contributed by atoms with van der Waals surface area (Å²) >= 11 is 5.96. The monoisotopic (exact) mass is 377 g/mol. The van der Waals surface area contributed by atoms with Gasteiger partial charge in [-0.3, -0.25) is 18.9 Å². The van der Waals surface area contributed by atoms with E-state index in [1.165, 1.54) is 4.57 Å². The van der Waals surface area contributed by atoms with Gasteiger partial charge in [0.25, 0.3) is 5.56 Å². The maximum absolute atomic E-state index is 13.2. The highest BCUT2D eigenvalue weighted by atomic mass is 35.5. The molecule has 0 aliphatic carbocycles. The fourth-order valence-corrected chi connectivity index (χ4v) is 3.23. The number of aromatic nitrogens is 3. The van der Waals surface area contributed by atoms with Crippen LogP contribution >= 0.6 is 11.6 Å². The van der Waals surface area contributed by atoms with E-state index in [2.05, 4.69) is 4.98 Å². The van der Waals surface area contributed by atoms with E-state index < -0.39 is 0 Å². The second-order valence-corrected chi connectivity index (χ2v) is 6.70. The Labute approximate surface area is 160 Å². The van der Waals surface area contributed by atoms with Crippen LogP contribution in [0.25, 0.3) is 10.9 Å². The number of fused-ring (bicyclic) bond motifs is 1. The Balaban J connectivity index is 1.90. The van der Waals surface area contributed by atoms with E-state index in [-0.39, 0.29) is 17.8 Å². The van der Waals surface area contributed by atoms with Gasteiger partial charge < -0.3 is 0 Å². The number of hydrogen-bond donors (Lipinski definition) is 0. The zero-order chi connectivity index (χ0) is 18.8. The van der Waals surface area contributed by atoms with Crippen molar-refractivity contribution in [3.63, 3.8) is 0 Å². The molecule has 4 aromatic rings. The smallest absolute Gasteiger partial charge is 0.289 e. The highest BCUT2D eigenvalue weighted by molar-refractivity contribution is 6.30. The maximum atomic E-state index is 13.2. The molecule has 0 fully saturated rings. The SMILES string of the molecule is O=c1c2ccccc2n(Cc2ccc(Cl)cc2)c(=O)n1Cc1ccncc1. The lowest BCUT2D eigenvalue weighted by molar-refractivity contribution is 0.635. The first-order chi connectivity index (χ1) is 13.1. The van der Waals surface area contributed by atoms with Crippen LogP contribution in [0.2, 0.25) is 5.02 Å². The minimum Gasteiger partial charge on any atom is -0.289 e. The predicted octanol–water partition coefficient (Wildman–Crippen LogP) is 3.31. The molecule has 6 heteroatoms. The number of halogens is 1. The minimum atomic E-state index is -0.342. The second-order valence-electron chi connectivity index (χ2n) is 6.26. The van der Waals surface area contributed by atoms with Gasteiger partial charge in [-0.05, 0) is 47.5 Å². The Bertz CT molecular complexity index is 1210. The first-order valence-electron chi connectivity index (χ1n) is 8.49. The number of hydrogen-bond acceptors (Lipinski definition) is 3. The van der Waals surface area contributed by atoms with Crippen LogP contribution in [0, 0.1) is 0 Å². The highest BCUT2D eigenvalue weighted by Gasteiger charge is 2.13. The molecule has 0 aliphatic heterocycles. The number of nitrogens with zero attached hydrogens (tertiary/aromatic N) is 3. The average molecular weight is 378 g/mol. The summed E-state index contributed by atoms with van der Waals surface area (Å²) in [6, 6.07) is 18.1. The molecule has 134 valence electrons. The third-order valence-electron chi connectivity index (χ3n) is 4.48. The summed E-state index contributed by atoms with van der Waals surface area (Å²) in [5.74, 6) is 0. The molecule has 2 heterocycles. The van der Waals surface area contributed by atoms with Crippen LogP contribution < -0.4 is 11.2 Å². The van der Waals surface area contributed by atoms with Crippen LogP contribution in [0.5, 0.6) is 0 Å². The molecule has 0 unspecified atom stereocenters. The topological polar surface area (TPSA) is 56.9 Å². The quantitative estimate of drug-likeness (QED) is 0.548. The standard InChI is InChI=1S/C21H16ClN3O2/c22-17-7-5-15(6-8-17)13-24-19-4-2-1-3-18(19)20(26)25(21(24)27)14-16-9-11-23-12-10-16/h1-12H,13-14H2. The Morgan fingerprint density at radius 3 is 2.15 bits per heavy atom. The van der Waals surface area contributed by atoms with E-state index in [1.807, 2.05) is 18.2 Å². The molecule has 0 bridgehead atoms. The Morgan fingerprint density at radius 1 is 0.778 bits per heavy atom. The molecular weight excluding hydrogens is 362 g/mol. The molecule has 0 amide bonds. The molecule has 4 rings (SSSR count). The van der Waals surface area contributed by atoms with Crippen LogP contribution in [-0.4, -0.2) is 14.1 Å². The van der Waals surface area contributed by atoms with Gasteiger partial charge in [-0.1, -0.05) is 35.9 Å². The molecule has 2 aromatic carbocycles. The van der Waals surface area contributed by atoms with Gasteiger partial charge >= 0.3 is 5.69 Å². The van der Waals surface area contributed by atoms with Crippen LogP contribution in [0.3, 0.4) is 0 Å². The number of para-hydroxylation sites is 1. The first kappa shape index (κ1) is 17.2. The van der Waals surface area contributed by atoms with Crippen molar-refractivity contribution in [1.29, 1.82) is 0 Å². The molecule has 0 saturated carbocycles. The van der Waals surface area contributed by atoms with Crippen molar-refractivity contribution in [2.75, 3.05) is 0 Å². The number of benzene rings is 2. The molecule has 0 atom stereocenters. The third-order valence-corrected chi connectivity index (χ3v) is 4.73. The maximum Gasteiger partial charge on any atom is 0.332 e. The second kappa shape index (κ2) is 7.21. The summed E-state index contributed by atoms with van der Waals surface area (Å²) in [4.78, 5) is 30.1. The van der Waals surface area contributed by atoms with Gasteiger partial charge in [0.05, 0.1) is 24.0 Å². The lowest BCUT2D eigenvalue weighted by atomic mass is 10.2. The van der Waals surface area contributed by atoms with E-state index in [4.69, 9.17) is 11.6 Å². The van der Waals surface area contributed by atoms with Gasteiger partial charge in [0.15, 0.2) is 0 Å². The summed E-state index contributed by atoms with van der Waals surface area (Å²) in [6.45, 7) is 0.554. The number of rotatable bonds is 4. The van der Waals surface area contributed by atoms with E-state index in [0.717, 1.165) is 11.1 Å². The van der Waals surface area contributed by atoms with Gasteiger partial charge in [-0.2, -0.15) is 0 Å². The minimum absolute atomic E-state index is 0.200. The summed E-state index contributed by atoms with van der Waals surface area (Å²) in [5, 5.41) is 1.15. The molecular formula is C21H16ClN3O2. The van der Waals surface area contributed by atoms with Crippen molar-refractivity contribution in [3.8, 4) is 0 Å². The normalized spacial score (nSPS) is 11.0. The van der Waals surface area contributed by atoms with Crippen molar-refractivity contribution in [2.24, 2.45) is 0 Å². The van der Waals surface area contributed by atoms with E-state index in [0.29, 0.717) is 22.5 Å². The fraction of sp³-hybridized carbons (Fsp3) is 0.0952. The van der Waals surface area contributed by atoms with E-state index in [1.54, 1.807) is 59.4 Å². The Hall–Kier alpha value is -3.18. The summed E-state index contributed by atoms with van der Waals surface area (Å²) in [6.07, 6.45) is 3.29. The summed E-state index contributed by atoms with van der Waals surface area (Å²) < 4.78 is 2.90. The molecule has 0 radical (unpaired) electrons. The van der Waals surface area contributed by atoms with Crippen molar-refractivity contribution >= 4 is 22.5 Å². The van der Waals surface area contributed by atoms with Gasteiger partial charge in [0.2, 0.25) is 0 Å². The zero-order valence-electron chi connectivity index (χ0n) is 14.4. The predicted molar refractivity (Wildman–Crippen MR) is 106 cm³/mol. The lowest BCUT2D eigenvalue weighted by Gasteiger charge is -2.14. The van der Waals surface area contributed by atoms with Crippen LogP contribution in [0.4, 0.5) is 0 Å². The lowest BCUT2D eigenvalue weighted by Crippen LogP contribution is -2.40. The van der Waals surface area contributed by atoms with Crippen molar-refractivity contribution in [2.45, 2.75) is 13.1 Å². The van der Waals surface area contributed by atoms with Crippen molar-refractivity contribution < 1.29 is 0 Å². The van der Waals surface area contributed by atoms with Gasteiger partial charge in [-0.15, -0.1) is 0 Å². The molecule has 0 spiro atoms. The average Bonchev–Trinajstić information content (AvgIpc) is 2.71. The molecule has 5 nitrogen and oxygen atoms in total. The summed E-state index contributed by atoms with van der Waals surface area (Å²) in [5.41, 5.74) is 1.76. The largest absolute Gasteiger partial charge is 0.332 e. The third kappa shape index (κ3) is 3.41. The zero-order valence-corrected chi connectivity index (χ0v) is 15.1. The van der Waals surface area contributed by atoms with Gasteiger partial charge in [-0.25, -0.2) is 4.79 Å². The van der Waals surface area contributed by atoms with Crippen molar-refractivity contribution in [3.05, 3.63) is 110 Å². The van der Waals surface area contributed by atoms with Crippen molar-refractivity contribution in [1.82, 2.24) is 14.1 Å². The molecule has 27 heavy (non-hydrogen) atoms. The summed E-state index contributed by atoms with van der Waals surface area (Å²) in [7, 11) is 0. The van der Waals surface area contributed by atoms with Crippen LogP contribution in [0.15, 0.2) is 82.6 Å². The molecule has 2 aromatic heterocycles. The van der Waals surface area contributed by atoms with Gasteiger partial charge in [0, 0.05) is 17.4 Å². The van der Waals surface area contributed by atoms with E-state index in [9.17, 15) is 9.59 Å². The molecule has 0 N–H and O–H groups in total. The van der Waals surface area contributed by atoms with Gasteiger partial charge in [0.1, 0.15) is 0 Å². The Morgan fingerprint density at radius 2 is 1.41 bits per heavy atom.